The third kappa shape index (κ3) is 3.94. The second kappa shape index (κ2) is 8.73. The van der Waals surface area contributed by atoms with Crippen molar-refractivity contribution in [3.8, 4) is 33.9 Å². The van der Waals surface area contributed by atoms with Crippen molar-refractivity contribution in [3.63, 3.8) is 0 Å². The Morgan fingerprint density at radius 3 is 2.22 bits per heavy atom. The van der Waals surface area contributed by atoms with Gasteiger partial charge in [0.25, 0.3) is 0 Å². The molecular weight excluding hydrogens is 515 g/mol. The quantitative estimate of drug-likeness (QED) is 0.281. The molecule has 2 aliphatic carbocycles. The topological polar surface area (TPSA) is 102 Å². The van der Waals surface area contributed by atoms with Gasteiger partial charge in [0.05, 0.1) is 17.0 Å². The van der Waals surface area contributed by atoms with E-state index in [1.807, 2.05) is 71.1 Å². The Morgan fingerprint density at radius 1 is 0.780 bits per heavy atom. The van der Waals surface area contributed by atoms with Gasteiger partial charge in [-0.15, -0.1) is 10.2 Å². The van der Waals surface area contributed by atoms with Crippen molar-refractivity contribution >= 4 is 16.8 Å². The molecule has 3 aromatic heterocycles. The lowest BCUT2D eigenvalue weighted by Crippen LogP contribution is -2.60. The number of halogens is 1. The normalized spacial score (nSPS) is 22.2. The van der Waals surface area contributed by atoms with Gasteiger partial charge in [0.15, 0.2) is 17.1 Å². The highest BCUT2D eigenvalue weighted by Gasteiger charge is 2.58. The van der Waals surface area contributed by atoms with E-state index in [0.717, 1.165) is 35.2 Å². The molecule has 6 aromatic rings. The summed E-state index contributed by atoms with van der Waals surface area (Å²) in [6, 6.07) is 28.1. The molecule has 0 saturated heterocycles. The second-order valence-electron chi connectivity index (χ2n) is 11.5. The maximum atomic E-state index is 14.1. The number of nitrogens with two attached hydrogens (primary N) is 1. The van der Waals surface area contributed by atoms with Crippen LogP contribution >= 0.6 is 0 Å². The van der Waals surface area contributed by atoms with Crippen molar-refractivity contribution in [2.75, 3.05) is 0 Å². The molecule has 3 aromatic carbocycles. The van der Waals surface area contributed by atoms with Crippen molar-refractivity contribution in [1.29, 1.82) is 0 Å². The standard InChI is InChI=1S/C33H27FN6O/c34-25-8-4-7-22(17-25)30-39-38-27-16-15-26-31(40(27)30)37-29(20-5-2-1-3-6-20)28(36-26)21-9-11-23(12-10-21)32(35)18-33(41,19-32)24-13-14-24/h1-12,15-17,24,41H,13-14,18-19,35H2/t32-,33-. The van der Waals surface area contributed by atoms with Gasteiger partial charge in [0, 0.05) is 22.2 Å². The van der Waals surface area contributed by atoms with Crippen LogP contribution < -0.4 is 5.73 Å². The number of rotatable bonds is 5. The van der Waals surface area contributed by atoms with Crippen LogP contribution in [0, 0.1) is 11.7 Å². The minimum Gasteiger partial charge on any atom is -0.389 e. The van der Waals surface area contributed by atoms with E-state index >= 15 is 0 Å². The summed E-state index contributed by atoms with van der Waals surface area (Å²) in [6.07, 6.45) is 3.38. The maximum absolute atomic E-state index is 14.1. The van der Waals surface area contributed by atoms with E-state index in [1.54, 1.807) is 12.1 Å². The molecule has 0 aliphatic heterocycles. The Bertz CT molecular complexity index is 1940. The summed E-state index contributed by atoms with van der Waals surface area (Å²) in [5.41, 5.74) is 12.4. The SMILES string of the molecule is N[C@]1(c2ccc(-c3nc4ccc5nnc(-c6cccc(F)c6)n5c4nc3-c3ccccc3)cc2)C[C@](O)(C2CC2)C1. The van der Waals surface area contributed by atoms with Gasteiger partial charge >= 0.3 is 0 Å². The van der Waals surface area contributed by atoms with Gasteiger partial charge in [-0.3, -0.25) is 4.40 Å². The Balaban J connectivity index is 1.27. The van der Waals surface area contributed by atoms with E-state index in [9.17, 15) is 9.50 Å². The van der Waals surface area contributed by atoms with Crippen molar-refractivity contribution in [2.24, 2.45) is 11.7 Å². The lowest BCUT2D eigenvalue weighted by Gasteiger charge is -2.52. The zero-order valence-electron chi connectivity index (χ0n) is 22.2. The van der Waals surface area contributed by atoms with Gasteiger partial charge in [0.2, 0.25) is 0 Å². The Kier molecular flexibility index (Phi) is 5.17. The van der Waals surface area contributed by atoms with Crippen LogP contribution in [-0.2, 0) is 5.54 Å². The largest absolute Gasteiger partial charge is 0.389 e. The van der Waals surface area contributed by atoms with Gasteiger partial charge in [-0.2, -0.15) is 0 Å². The van der Waals surface area contributed by atoms with Crippen LogP contribution in [0.25, 0.3) is 50.7 Å². The lowest BCUT2D eigenvalue weighted by atomic mass is 9.60. The molecule has 0 atom stereocenters. The van der Waals surface area contributed by atoms with E-state index in [1.165, 1.54) is 12.1 Å². The fourth-order valence-electron chi connectivity index (χ4n) is 6.41. The van der Waals surface area contributed by atoms with Gasteiger partial charge < -0.3 is 10.8 Å². The summed E-state index contributed by atoms with van der Waals surface area (Å²) in [7, 11) is 0. The van der Waals surface area contributed by atoms with E-state index < -0.39 is 11.1 Å². The fraction of sp³-hybridized carbons (Fsp3) is 0.212. The third-order valence-corrected chi connectivity index (χ3v) is 8.64. The summed E-state index contributed by atoms with van der Waals surface area (Å²) in [5, 5.41) is 19.6. The number of aromatic nitrogens is 5. The van der Waals surface area contributed by atoms with Crippen LogP contribution in [-0.4, -0.2) is 35.3 Å². The van der Waals surface area contributed by atoms with Crippen LogP contribution in [0.4, 0.5) is 4.39 Å². The highest BCUT2D eigenvalue weighted by atomic mass is 19.1. The van der Waals surface area contributed by atoms with E-state index in [4.69, 9.17) is 15.7 Å². The molecule has 0 radical (unpaired) electrons. The minimum absolute atomic E-state index is 0.348. The predicted molar refractivity (Wildman–Crippen MR) is 155 cm³/mol. The molecule has 3 N–H and O–H groups in total. The zero-order chi connectivity index (χ0) is 27.8. The number of nitrogens with zero attached hydrogens (tertiary/aromatic N) is 5. The molecule has 0 unspecified atom stereocenters. The number of pyridine rings is 1. The fourth-order valence-corrected chi connectivity index (χ4v) is 6.41. The number of fused-ring (bicyclic) bond motifs is 3. The van der Waals surface area contributed by atoms with Crippen molar-refractivity contribution in [1.82, 2.24) is 24.6 Å². The van der Waals surface area contributed by atoms with Gasteiger partial charge in [-0.25, -0.2) is 14.4 Å². The molecule has 2 aliphatic rings. The monoisotopic (exact) mass is 542 g/mol. The number of hydrogen-bond donors (Lipinski definition) is 2. The average molecular weight is 543 g/mol. The summed E-state index contributed by atoms with van der Waals surface area (Å²) >= 11 is 0. The first-order chi connectivity index (χ1) is 19.9. The molecule has 202 valence electrons. The molecule has 0 spiro atoms. The highest BCUT2D eigenvalue weighted by molar-refractivity contribution is 5.87. The molecule has 2 fully saturated rings. The predicted octanol–water partition coefficient (Wildman–Crippen LogP) is 5.90. The highest BCUT2D eigenvalue weighted by Crippen LogP contribution is 2.57. The molecular formula is C33H27FN6O. The first kappa shape index (κ1) is 24.3. The average Bonchev–Trinajstić information content (AvgIpc) is 3.75. The van der Waals surface area contributed by atoms with Crippen LogP contribution in [0.3, 0.4) is 0 Å². The van der Waals surface area contributed by atoms with Crippen molar-refractivity contribution < 1.29 is 9.50 Å². The molecule has 0 bridgehead atoms. The Labute approximate surface area is 235 Å². The van der Waals surface area contributed by atoms with Crippen LogP contribution in [0.1, 0.15) is 31.2 Å². The molecule has 8 rings (SSSR count). The molecule has 7 nitrogen and oxygen atoms in total. The number of benzene rings is 3. The summed E-state index contributed by atoms with van der Waals surface area (Å²) < 4.78 is 15.9. The van der Waals surface area contributed by atoms with Gasteiger partial charge in [-0.1, -0.05) is 66.7 Å². The summed E-state index contributed by atoms with van der Waals surface area (Å²) in [6.45, 7) is 0. The van der Waals surface area contributed by atoms with Gasteiger partial charge in [0.1, 0.15) is 11.3 Å². The lowest BCUT2D eigenvalue weighted by molar-refractivity contribution is -0.106. The van der Waals surface area contributed by atoms with Gasteiger partial charge in [-0.05, 0) is 61.4 Å². The molecule has 3 heterocycles. The third-order valence-electron chi connectivity index (χ3n) is 8.64. The van der Waals surface area contributed by atoms with E-state index in [2.05, 4.69) is 10.2 Å². The van der Waals surface area contributed by atoms with E-state index in [-0.39, 0.29) is 5.82 Å². The molecule has 2 saturated carbocycles. The Hall–Kier alpha value is -4.53. The van der Waals surface area contributed by atoms with Crippen LogP contribution in [0.5, 0.6) is 0 Å². The molecule has 8 heteroatoms. The van der Waals surface area contributed by atoms with Crippen molar-refractivity contribution in [3.05, 3.63) is 102 Å². The summed E-state index contributed by atoms with van der Waals surface area (Å²) in [4.78, 5) is 10.2. The summed E-state index contributed by atoms with van der Waals surface area (Å²) in [5.74, 6) is 0.549. The maximum Gasteiger partial charge on any atom is 0.170 e. The Morgan fingerprint density at radius 2 is 1.49 bits per heavy atom. The molecule has 41 heavy (non-hydrogen) atoms. The molecule has 0 amide bonds. The number of aliphatic hydroxyl groups is 1. The smallest absolute Gasteiger partial charge is 0.170 e. The van der Waals surface area contributed by atoms with Crippen LogP contribution in [0.15, 0.2) is 91.0 Å². The van der Waals surface area contributed by atoms with E-state index in [0.29, 0.717) is 52.7 Å². The zero-order valence-corrected chi connectivity index (χ0v) is 22.2. The first-order valence-corrected chi connectivity index (χ1v) is 13.9. The minimum atomic E-state index is -0.615. The van der Waals surface area contributed by atoms with Crippen molar-refractivity contribution in [2.45, 2.75) is 36.8 Å². The number of hydrogen-bond acceptors (Lipinski definition) is 6. The first-order valence-electron chi connectivity index (χ1n) is 13.9. The second-order valence-corrected chi connectivity index (χ2v) is 11.5. The van der Waals surface area contributed by atoms with Crippen LogP contribution in [0.2, 0.25) is 0 Å².